The number of rotatable bonds is 8. The molecule has 234 valence electrons. The number of aliphatic hydroxyl groups is 3. The van der Waals surface area contributed by atoms with Crippen LogP contribution >= 0.6 is 0 Å². The first-order valence-electron chi connectivity index (χ1n) is 14.7. The fourth-order valence-electron chi connectivity index (χ4n) is 7.23. The van der Waals surface area contributed by atoms with Gasteiger partial charge < -0.3 is 31.1 Å². The van der Waals surface area contributed by atoms with Crippen LogP contribution in [0.1, 0.15) is 35.6 Å². The van der Waals surface area contributed by atoms with Gasteiger partial charge in [-0.1, -0.05) is 37.3 Å². The average molecular weight is 605 g/mol. The van der Waals surface area contributed by atoms with E-state index >= 15 is 0 Å². The minimum atomic E-state index is -2.67. The van der Waals surface area contributed by atoms with Gasteiger partial charge in [-0.25, -0.2) is 0 Å². The summed E-state index contributed by atoms with van der Waals surface area (Å²) in [6.45, 7) is 3.69. The number of ketones is 2. The molecule has 2 aromatic carbocycles. The smallest absolute Gasteiger partial charge is 0.255 e. The third kappa shape index (κ3) is 4.75. The van der Waals surface area contributed by atoms with E-state index in [2.05, 4.69) is 4.90 Å². The number of aliphatic hydroxyl groups excluding tert-OH is 2. The topological polar surface area (TPSA) is 168 Å². The van der Waals surface area contributed by atoms with Crippen LogP contribution in [0.4, 0.5) is 5.69 Å². The van der Waals surface area contributed by atoms with Crippen LogP contribution in [0.15, 0.2) is 53.3 Å². The number of hydrogen-bond donors (Lipinski definition) is 5. The fourth-order valence-corrected chi connectivity index (χ4v) is 7.23. The Bertz CT molecular complexity index is 1600. The Morgan fingerprint density at radius 3 is 2.27 bits per heavy atom. The predicted molar refractivity (Wildman–Crippen MR) is 165 cm³/mol. The second kappa shape index (κ2) is 11.4. The van der Waals surface area contributed by atoms with Gasteiger partial charge in [0, 0.05) is 49.9 Å². The van der Waals surface area contributed by atoms with Crippen LogP contribution in [0.5, 0.6) is 5.75 Å². The molecular weight excluding hydrogens is 564 g/mol. The molecule has 11 heteroatoms. The quantitative estimate of drug-likeness (QED) is 0.281. The molecule has 6 N–H and O–H groups in total. The van der Waals surface area contributed by atoms with Gasteiger partial charge >= 0.3 is 0 Å². The predicted octanol–water partition coefficient (Wildman–Crippen LogP) is 2.05. The lowest BCUT2D eigenvalue weighted by molar-refractivity contribution is -0.153. The number of hydrogen-bond acceptors (Lipinski definition) is 10. The van der Waals surface area contributed by atoms with E-state index in [4.69, 9.17) is 5.73 Å². The number of Topliss-reactive ketones (excluding diaryl/α,β-unsaturated/α-hetero) is 2. The summed E-state index contributed by atoms with van der Waals surface area (Å²) in [4.78, 5) is 45.2. The average Bonchev–Trinajstić information content (AvgIpc) is 2.95. The summed E-state index contributed by atoms with van der Waals surface area (Å²) >= 11 is 0. The van der Waals surface area contributed by atoms with Gasteiger partial charge in [0.05, 0.1) is 11.6 Å². The Hall–Kier alpha value is -4.19. The van der Waals surface area contributed by atoms with Crippen LogP contribution in [-0.4, -0.2) is 94.1 Å². The van der Waals surface area contributed by atoms with Crippen LogP contribution in [0.3, 0.4) is 0 Å². The molecule has 1 amide bonds. The largest absolute Gasteiger partial charge is 0.508 e. The number of phenolic OH excluding ortho intramolecular Hbond substituents is 1. The van der Waals surface area contributed by atoms with Crippen molar-refractivity contribution < 1.29 is 34.8 Å². The first kappa shape index (κ1) is 31.2. The molecule has 0 heterocycles. The highest BCUT2D eigenvalue weighted by atomic mass is 16.3. The van der Waals surface area contributed by atoms with Crippen molar-refractivity contribution in [3.05, 3.63) is 75.6 Å². The lowest BCUT2D eigenvalue weighted by Crippen LogP contribution is -2.65. The van der Waals surface area contributed by atoms with Crippen LogP contribution in [0.25, 0.3) is 5.76 Å². The van der Waals surface area contributed by atoms with E-state index in [1.54, 1.807) is 14.1 Å². The van der Waals surface area contributed by atoms with Crippen molar-refractivity contribution in [2.45, 2.75) is 44.5 Å². The number of nitrogens with two attached hydrogens (primary N) is 1. The number of primary amides is 1. The van der Waals surface area contributed by atoms with E-state index in [1.165, 1.54) is 4.90 Å². The van der Waals surface area contributed by atoms with Crippen molar-refractivity contribution >= 4 is 28.9 Å². The molecule has 0 aliphatic heterocycles. The number of aromatic hydroxyl groups is 1. The first-order valence-corrected chi connectivity index (χ1v) is 14.7. The zero-order valence-electron chi connectivity index (χ0n) is 25.7. The third-order valence-electron chi connectivity index (χ3n) is 9.35. The Kier molecular flexibility index (Phi) is 8.08. The monoisotopic (exact) mass is 604 g/mol. The van der Waals surface area contributed by atoms with Crippen molar-refractivity contribution in [1.82, 2.24) is 9.80 Å². The van der Waals surface area contributed by atoms with Gasteiger partial charge in [0.15, 0.2) is 11.4 Å². The van der Waals surface area contributed by atoms with Crippen LogP contribution in [0.2, 0.25) is 0 Å². The summed E-state index contributed by atoms with van der Waals surface area (Å²) in [6.07, 6.45) is 0.277. The van der Waals surface area contributed by atoms with Gasteiger partial charge in [0.2, 0.25) is 5.78 Å². The SMILES string of the molecule is CCN(Cc1ccccc1)Cc1cc(N(C)C)c2c(c1O)C(O)=C1C(=O)[C@]3(O)C(O)=C(C(N)=O)C(=O)[C@@H](N(C)C)[C@@H]3C[C@@H]1C2. The number of likely N-dealkylation sites (N-methyl/N-ethyl adjacent to an activating group) is 1. The molecule has 3 aliphatic carbocycles. The normalized spacial score (nSPS) is 24.9. The van der Waals surface area contributed by atoms with E-state index in [0.29, 0.717) is 30.8 Å². The zero-order chi connectivity index (χ0) is 32.2. The van der Waals surface area contributed by atoms with Crippen LogP contribution in [0, 0.1) is 11.8 Å². The van der Waals surface area contributed by atoms with Gasteiger partial charge in [0.1, 0.15) is 22.8 Å². The molecular formula is C33H40N4O7. The standard InChI is InChI=1S/C33H40N4O7/c1-6-37(15-17-10-8-7-9-11-17)16-19-14-22(35(2)3)20-12-18-13-21-26(36(4)5)29(40)25(32(34)43)31(42)33(21,44)30(41)23(18)28(39)24(20)27(19)38/h7-11,14,18,21,26,38-39,42,44H,6,12-13,15-16H2,1-5H3,(H2,34,43)/t18-,21-,26-,33-/m0/s1. The number of phenols is 1. The van der Waals surface area contributed by atoms with Gasteiger partial charge in [-0.2, -0.15) is 0 Å². The molecule has 0 saturated heterocycles. The summed E-state index contributed by atoms with van der Waals surface area (Å²) in [5.41, 5.74) is 4.89. The second-order valence-electron chi connectivity index (χ2n) is 12.4. The Morgan fingerprint density at radius 1 is 1.05 bits per heavy atom. The maximum Gasteiger partial charge on any atom is 0.255 e. The molecule has 0 spiro atoms. The van der Waals surface area contributed by atoms with Gasteiger partial charge in [-0.05, 0) is 56.6 Å². The number of nitrogens with zero attached hydrogens (tertiary/aromatic N) is 3. The number of benzene rings is 2. The molecule has 4 atom stereocenters. The van der Waals surface area contributed by atoms with Gasteiger partial charge in [-0.15, -0.1) is 0 Å². The van der Waals surface area contributed by atoms with E-state index in [-0.39, 0.29) is 29.7 Å². The highest BCUT2D eigenvalue weighted by molar-refractivity contribution is 6.24. The number of anilines is 1. The van der Waals surface area contributed by atoms with E-state index in [1.807, 2.05) is 62.3 Å². The first-order chi connectivity index (χ1) is 20.7. The highest BCUT2D eigenvalue weighted by Gasteiger charge is 2.64. The van der Waals surface area contributed by atoms with E-state index in [0.717, 1.165) is 11.3 Å². The number of carbonyl (C=O) groups is 3. The number of carbonyl (C=O) groups excluding carboxylic acids is 3. The summed E-state index contributed by atoms with van der Waals surface area (Å²) < 4.78 is 0. The van der Waals surface area contributed by atoms with Crippen molar-refractivity contribution in [3.8, 4) is 5.75 Å². The molecule has 0 radical (unpaired) electrons. The molecule has 5 rings (SSSR count). The molecule has 11 nitrogen and oxygen atoms in total. The van der Waals surface area contributed by atoms with Crippen molar-refractivity contribution in [2.75, 3.05) is 39.6 Å². The maximum absolute atomic E-state index is 14.2. The molecule has 0 bridgehead atoms. The zero-order valence-corrected chi connectivity index (χ0v) is 25.7. The van der Waals surface area contributed by atoms with E-state index < -0.39 is 58.0 Å². The van der Waals surface area contributed by atoms with Gasteiger partial charge in [0.25, 0.3) is 5.91 Å². The Balaban J connectivity index is 1.65. The molecule has 2 aromatic rings. The molecule has 0 aromatic heterocycles. The summed E-state index contributed by atoms with van der Waals surface area (Å²) in [5, 5.41) is 46.3. The lowest BCUT2D eigenvalue weighted by Gasteiger charge is -2.50. The van der Waals surface area contributed by atoms with Crippen molar-refractivity contribution in [3.63, 3.8) is 0 Å². The second-order valence-corrected chi connectivity index (χ2v) is 12.4. The molecule has 1 saturated carbocycles. The van der Waals surface area contributed by atoms with Crippen LogP contribution in [-0.2, 0) is 33.9 Å². The summed E-state index contributed by atoms with van der Waals surface area (Å²) in [5.74, 6) is -6.57. The van der Waals surface area contributed by atoms with E-state index in [9.17, 15) is 34.8 Å². The molecule has 44 heavy (non-hydrogen) atoms. The Labute approximate surface area is 256 Å². The summed E-state index contributed by atoms with van der Waals surface area (Å²) in [6, 6.07) is 10.7. The number of amides is 1. The minimum Gasteiger partial charge on any atom is -0.508 e. The molecule has 3 aliphatic rings. The van der Waals surface area contributed by atoms with Crippen molar-refractivity contribution in [1.29, 1.82) is 0 Å². The van der Waals surface area contributed by atoms with Crippen molar-refractivity contribution in [2.24, 2.45) is 17.6 Å². The minimum absolute atomic E-state index is 0.0435. The maximum atomic E-state index is 14.2. The molecule has 1 fully saturated rings. The highest BCUT2D eigenvalue weighted by Crippen LogP contribution is 2.54. The number of fused-ring (bicyclic) bond motifs is 3. The van der Waals surface area contributed by atoms with Gasteiger partial charge in [-0.3, -0.25) is 24.2 Å². The van der Waals surface area contributed by atoms with Crippen LogP contribution < -0.4 is 10.6 Å². The lowest BCUT2D eigenvalue weighted by atomic mass is 9.57. The summed E-state index contributed by atoms with van der Waals surface area (Å²) in [7, 11) is 6.87. The fraction of sp³-hybridized carbons (Fsp3) is 0.424. The Morgan fingerprint density at radius 2 is 1.70 bits per heavy atom. The third-order valence-corrected chi connectivity index (χ3v) is 9.35. The molecule has 0 unspecified atom stereocenters.